The summed E-state index contributed by atoms with van der Waals surface area (Å²) < 4.78 is 0. The van der Waals surface area contributed by atoms with E-state index in [0.29, 0.717) is 6.42 Å². The maximum atomic E-state index is 8.57. The number of hydrogen-bond acceptors (Lipinski definition) is 2. The first-order valence-corrected chi connectivity index (χ1v) is 5.78. The molecule has 0 saturated carbocycles. The number of aryl methyl sites for hydroxylation is 2. The monoisotopic (exact) mass is 236 g/mol. The third-order valence-corrected chi connectivity index (χ3v) is 2.90. The zero-order chi connectivity index (χ0) is 12.1. The van der Waals surface area contributed by atoms with Gasteiger partial charge < -0.3 is 5.32 Å². The van der Waals surface area contributed by atoms with Crippen molar-refractivity contribution in [1.82, 2.24) is 5.32 Å². The van der Waals surface area contributed by atoms with E-state index in [4.69, 9.17) is 16.9 Å². The highest BCUT2D eigenvalue weighted by Crippen LogP contribution is 2.20. The first-order chi connectivity index (χ1) is 7.54. The van der Waals surface area contributed by atoms with Crippen molar-refractivity contribution in [2.75, 3.05) is 0 Å². The smallest absolute Gasteiger partial charge is 0.0638 e. The second kappa shape index (κ2) is 5.89. The molecular weight excluding hydrogens is 220 g/mol. The van der Waals surface area contributed by atoms with Crippen LogP contribution in [0.5, 0.6) is 0 Å². The van der Waals surface area contributed by atoms with E-state index in [1.54, 1.807) is 0 Å². The number of nitriles is 1. The molecule has 1 aromatic carbocycles. The van der Waals surface area contributed by atoms with Crippen LogP contribution < -0.4 is 5.32 Å². The van der Waals surface area contributed by atoms with Crippen molar-refractivity contribution in [1.29, 1.82) is 5.26 Å². The van der Waals surface area contributed by atoms with Crippen LogP contribution in [0.15, 0.2) is 12.1 Å². The Bertz CT molecular complexity index is 384. The van der Waals surface area contributed by atoms with Gasteiger partial charge in [-0.25, -0.2) is 0 Å². The number of nitrogens with one attached hydrogen (secondary N) is 1. The van der Waals surface area contributed by atoms with E-state index in [0.717, 1.165) is 11.6 Å². The number of rotatable bonds is 4. The number of halogens is 1. The van der Waals surface area contributed by atoms with Gasteiger partial charge in [-0.05, 0) is 49.6 Å². The molecule has 0 aliphatic heterocycles. The Hall–Kier alpha value is -1.04. The molecule has 0 spiro atoms. The highest BCUT2D eigenvalue weighted by molar-refractivity contribution is 6.30. The van der Waals surface area contributed by atoms with Gasteiger partial charge >= 0.3 is 0 Å². The largest absolute Gasteiger partial charge is 0.309 e. The van der Waals surface area contributed by atoms with Gasteiger partial charge in [0.05, 0.1) is 12.5 Å². The summed E-state index contributed by atoms with van der Waals surface area (Å²) in [5.74, 6) is 0. The molecule has 0 radical (unpaired) electrons. The van der Waals surface area contributed by atoms with Gasteiger partial charge in [0.15, 0.2) is 0 Å². The molecule has 0 amide bonds. The average molecular weight is 237 g/mol. The molecule has 1 aromatic rings. The van der Waals surface area contributed by atoms with E-state index < -0.39 is 0 Å². The van der Waals surface area contributed by atoms with Crippen LogP contribution in [0.1, 0.15) is 30.0 Å². The van der Waals surface area contributed by atoms with E-state index in [1.807, 2.05) is 19.1 Å². The van der Waals surface area contributed by atoms with Gasteiger partial charge in [-0.1, -0.05) is 11.6 Å². The summed E-state index contributed by atoms with van der Waals surface area (Å²) in [5.41, 5.74) is 3.66. The van der Waals surface area contributed by atoms with Gasteiger partial charge in [-0.15, -0.1) is 0 Å². The molecule has 0 aliphatic rings. The van der Waals surface area contributed by atoms with Crippen molar-refractivity contribution in [3.8, 4) is 6.07 Å². The number of hydrogen-bond donors (Lipinski definition) is 1. The van der Waals surface area contributed by atoms with Crippen LogP contribution in [-0.4, -0.2) is 6.04 Å². The van der Waals surface area contributed by atoms with E-state index in [1.165, 1.54) is 16.7 Å². The van der Waals surface area contributed by atoms with E-state index in [9.17, 15) is 0 Å². The topological polar surface area (TPSA) is 35.8 Å². The van der Waals surface area contributed by atoms with Crippen LogP contribution in [0.25, 0.3) is 0 Å². The summed E-state index contributed by atoms with van der Waals surface area (Å²) in [7, 11) is 0. The number of nitrogens with zero attached hydrogens (tertiary/aromatic N) is 1. The second-order valence-electron chi connectivity index (χ2n) is 4.16. The van der Waals surface area contributed by atoms with Gasteiger partial charge in [-0.2, -0.15) is 5.26 Å². The molecular formula is C13H17ClN2. The lowest BCUT2D eigenvalue weighted by atomic mass is 10.0. The Balaban J connectivity index is 2.71. The first-order valence-electron chi connectivity index (χ1n) is 5.40. The minimum Gasteiger partial charge on any atom is -0.309 e. The normalized spacial score (nSPS) is 12.2. The summed E-state index contributed by atoms with van der Waals surface area (Å²) in [4.78, 5) is 0. The van der Waals surface area contributed by atoms with Crippen molar-refractivity contribution in [3.63, 3.8) is 0 Å². The molecule has 1 atom stereocenters. The minimum absolute atomic E-state index is 0.222. The SMILES string of the molecule is Cc1cc(Cl)cc(C)c1CNC(C)CC#N. The Morgan fingerprint density at radius 2 is 1.94 bits per heavy atom. The Morgan fingerprint density at radius 3 is 2.44 bits per heavy atom. The highest BCUT2D eigenvalue weighted by Gasteiger charge is 2.06. The van der Waals surface area contributed by atoms with Crippen LogP contribution in [-0.2, 0) is 6.54 Å². The fraction of sp³-hybridized carbons (Fsp3) is 0.462. The maximum absolute atomic E-state index is 8.57. The Labute approximate surface area is 102 Å². The first kappa shape index (κ1) is 13.0. The van der Waals surface area contributed by atoms with Gasteiger partial charge in [0.1, 0.15) is 0 Å². The lowest BCUT2D eigenvalue weighted by molar-refractivity contribution is 0.555. The average Bonchev–Trinajstić information content (AvgIpc) is 2.16. The van der Waals surface area contributed by atoms with E-state index in [2.05, 4.69) is 25.2 Å². The van der Waals surface area contributed by atoms with Crippen molar-refractivity contribution < 1.29 is 0 Å². The predicted molar refractivity (Wildman–Crippen MR) is 67.5 cm³/mol. The lowest BCUT2D eigenvalue weighted by Gasteiger charge is -2.14. The fourth-order valence-corrected chi connectivity index (χ4v) is 2.03. The zero-order valence-electron chi connectivity index (χ0n) is 9.97. The summed E-state index contributed by atoms with van der Waals surface area (Å²) in [6, 6.07) is 6.33. The molecule has 1 unspecified atom stereocenters. The Morgan fingerprint density at radius 1 is 1.38 bits per heavy atom. The van der Waals surface area contributed by atoms with Crippen molar-refractivity contribution >= 4 is 11.6 Å². The second-order valence-corrected chi connectivity index (χ2v) is 4.60. The molecule has 0 bridgehead atoms. The van der Waals surface area contributed by atoms with Crippen LogP contribution in [0, 0.1) is 25.2 Å². The summed E-state index contributed by atoms with van der Waals surface area (Å²) in [5, 5.41) is 12.7. The molecule has 3 heteroatoms. The molecule has 1 N–H and O–H groups in total. The molecule has 0 aromatic heterocycles. The molecule has 2 nitrogen and oxygen atoms in total. The van der Waals surface area contributed by atoms with Crippen LogP contribution in [0.3, 0.4) is 0 Å². The molecule has 86 valence electrons. The molecule has 1 rings (SSSR count). The third kappa shape index (κ3) is 3.52. The summed E-state index contributed by atoms with van der Waals surface area (Å²) in [6.07, 6.45) is 0.533. The molecule has 0 fully saturated rings. The molecule has 16 heavy (non-hydrogen) atoms. The van der Waals surface area contributed by atoms with Gasteiger partial charge in [-0.3, -0.25) is 0 Å². The predicted octanol–water partition coefficient (Wildman–Crippen LogP) is 3.35. The van der Waals surface area contributed by atoms with Crippen LogP contribution >= 0.6 is 11.6 Å². The number of benzene rings is 1. The molecule has 0 saturated heterocycles. The zero-order valence-corrected chi connectivity index (χ0v) is 10.7. The van der Waals surface area contributed by atoms with Crippen LogP contribution in [0.2, 0.25) is 5.02 Å². The van der Waals surface area contributed by atoms with Crippen molar-refractivity contribution in [2.24, 2.45) is 0 Å². The highest BCUT2D eigenvalue weighted by atomic mass is 35.5. The van der Waals surface area contributed by atoms with E-state index in [-0.39, 0.29) is 6.04 Å². The van der Waals surface area contributed by atoms with Crippen molar-refractivity contribution in [2.45, 2.75) is 39.8 Å². The quantitative estimate of drug-likeness (QED) is 0.870. The Kier molecular flexibility index (Phi) is 4.79. The molecule has 0 aliphatic carbocycles. The summed E-state index contributed by atoms with van der Waals surface area (Å²) >= 11 is 5.97. The third-order valence-electron chi connectivity index (χ3n) is 2.69. The standard InChI is InChI=1S/C13H17ClN2/c1-9-6-12(14)7-10(2)13(9)8-16-11(3)4-5-15/h6-7,11,16H,4,8H2,1-3H3. The van der Waals surface area contributed by atoms with E-state index >= 15 is 0 Å². The maximum Gasteiger partial charge on any atom is 0.0638 e. The summed E-state index contributed by atoms with van der Waals surface area (Å²) in [6.45, 7) is 6.93. The van der Waals surface area contributed by atoms with Gasteiger partial charge in [0, 0.05) is 17.6 Å². The van der Waals surface area contributed by atoms with Gasteiger partial charge in [0.25, 0.3) is 0 Å². The lowest BCUT2D eigenvalue weighted by Crippen LogP contribution is -2.25. The fourth-order valence-electron chi connectivity index (χ4n) is 1.70. The van der Waals surface area contributed by atoms with Gasteiger partial charge in [0.2, 0.25) is 0 Å². The minimum atomic E-state index is 0.222. The van der Waals surface area contributed by atoms with Crippen molar-refractivity contribution in [3.05, 3.63) is 33.8 Å². The molecule has 0 heterocycles. The van der Waals surface area contributed by atoms with Crippen LogP contribution in [0.4, 0.5) is 0 Å².